The van der Waals surface area contributed by atoms with Crippen LogP contribution in [0.15, 0.2) is 24.3 Å². The zero-order valence-corrected chi connectivity index (χ0v) is 13.1. The summed E-state index contributed by atoms with van der Waals surface area (Å²) < 4.78 is 0. The van der Waals surface area contributed by atoms with Crippen molar-refractivity contribution in [1.29, 1.82) is 0 Å². The molecule has 0 bridgehead atoms. The number of benzene rings is 1. The fourth-order valence-electron chi connectivity index (χ4n) is 2.10. The van der Waals surface area contributed by atoms with Crippen LogP contribution in [0.25, 0.3) is 0 Å². The average Bonchev–Trinajstić information content (AvgIpc) is 2.44. The molecule has 0 radical (unpaired) electrons. The Labute approximate surface area is 126 Å². The van der Waals surface area contributed by atoms with Crippen LogP contribution in [-0.2, 0) is 9.59 Å². The minimum atomic E-state index is -0.111. The Kier molecular flexibility index (Phi) is 7.29. The van der Waals surface area contributed by atoms with Gasteiger partial charge in [-0.15, -0.1) is 0 Å². The Hall–Kier alpha value is -2.04. The molecule has 1 aromatic carbocycles. The normalized spacial score (nSPS) is 10.0. The molecule has 0 atom stereocenters. The molecule has 5 nitrogen and oxygen atoms in total. The van der Waals surface area contributed by atoms with Gasteiger partial charge in [-0.25, -0.2) is 0 Å². The van der Waals surface area contributed by atoms with Crippen molar-refractivity contribution in [2.45, 2.75) is 33.6 Å². The van der Waals surface area contributed by atoms with Gasteiger partial charge in [0.05, 0.1) is 6.54 Å². The predicted octanol–water partition coefficient (Wildman–Crippen LogP) is 2.71. The molecule has 2 N–H and O–H groups in total. The molecule has 0 saturated carbocycles. The van der Waals surface area contributed by atoms with Crippen LogP contribution in [0.2, 0.25) is 0 Å². The van der Waals surface area contributed by atoms with Gasteiger partial charge in [-0.1, -0.05) is 19.9 Å². The Balaban J connectivity index is 2.57. The molecule has 0 aliphatic heterocycles. The zero-order valence-electron chi connectivity index (χ0n) is 13.1. The average molecular weight is 291 g/mol. The van der Waals surface area contributed by atoms with Gasteiger partial charge in [0.2, 0.25) is 11.8 Å². The second-order valence-electron chi connectivity index (χ2n) is 5.00. The maximum Gasteiger partial charge on any atom is 0.241 e. The molecule has 2 amide bonds. The fraction of sp³-hybridized carbons (Fsp3) is 0.500. The first-order valence-corrected chi connectivity index (χ1v) is 7.46. The quantitative estimate of drug-likeness (QED) is 0.774. The van der Waals surface area contributed by atoms with E-state index in [-0.39, 0.29) is 18.4 Å². The summed E-state index contributed by atoms with van der Waals surface area (Å²) >= 11 is 0. The van der Waals surface area contributed by atoms with E-state index in [1.807, 2.05) is 29.2 Å². The van der Waals surface area contributed by atoms with Crippen molar-refractivity contribution < 1.29 is 9.59 Å². The third-order valence-corrected chi connectivity index (χ3v) is 2.97. The fourth-order valence-corrected chi connectivity index (χ4v) is 2.10. The van der Waals surface area contributed by atoms with E-state index in [2.05, 4.69) is 24.5 Å². The van der Waals surface area contributed by atoms with Gasteiger partial charge in [-0.2, -0.15) is 0 Å². The summed E-state index contributed by atoms with van der Waals surface area (Å²) in [5.41, 5.74) is 1.54. The molecular weight excluding hydrogens is 266 g/mol. The van der Waals surface area contributed by atoms with Gasteiger partial charge in [0.25, 0.3) is 0 Å². The summed E-state index contributed by atoms with van der Waals surface area (Å²) in [4.78, 5) is 25.1. The van der Waals surface area contributed by atoms with E-state index in [0.29, 0.717) is 0 Å². The molecule has 0 unspecified atom stereocenters. The highest BCUT2D eigenvalue weighted by molar-refractivity contribution is 5.89. The van der Waals surface area contributed by atoms with Crippen LogP contribution in [0, 0.1) is 0 Å². The summed E-state index contributed by atoms with van der Waals surface area (Å²) in [5, 5.41) is 5.83. The zero-order chi connectivity index (χ0) is 15.7. The molecule has 0 aromatic heterocycles. The number of carbonyl (C=O) groups is 2. The van der Waals surface area contributed by atoms with E-state index in [0.717, 1.165) is 37.3 Å². The molecular formula is C16H25N3O2. The van der Waals surface area contributed by atoms with Crippen LogP contribution >= 0.6 is 0 Å². The van der Waals surface area contributed by atoms with Gasteiger partial charge >= 0.3 is 0 Å². The van der Waals surface area contributed by atoms with E-state index in [9.17, 15) is 9.59 Å². The van der Waals surface area contributed by atoms with Gasteiger partial charge in [-0.3, -0.25) is 9.59 Å². The third kappa shape index (κ3) is 6.29. The van der Waals surface area contributed by atoms with Crippen LogP contribution in [0.5, 0.6) is 0 Å². The van der Waals surface area contributed by atoms with Crippen LogP contribution < -0.4 is 10.6 Å². The number of rotatable bonds is 8. The molecule has 0 aliphatic carbocycles. The Morgan fingerprint density at radius 2 is 1.71 bits per heavy atom. The molecule has 0 spiro atoms. The minimum Gasteiger partial charge on any atom is -0.376 e. The summed E-state index contributed by atoms with van der Waals surface area (Å²) in [6, 6.07) is 7.35. The molecule has 1 rings (SSSR count). The topological polar surface area (TPSA) is 61.4 Å². The van der Waals surface area contributed by atoms with E-state index >= 15 is 0 Å². The van der Waals surface area contributed by atoms with E-state index in [1.165, 1.54) is 6.92 Å². The van der Waals surface area contributed by atoms with E-state index in [1.54, 1.807) is 0 Å². The van der Waals surface area contributed by atoms with E-state index < -0.39 is 0 Å². The van der Waals surface area contributed by atoms with Crippen molar-refractivity contribution in [1.82, 2.24) is 4.90 Å². The number of amides is 2. The lowest BCUT2D eigenvalue weighted by atomic mass is 10.2. The van der Waals surface area contributed by atoms with Gasteiger partial charge in [0.15, 0.2) is 0 Å². The lowest BCUT2D eigenvalue weighted by Crippen LogP contribution is -2.36. The first kappa shape index (κ1) is 17.0. The lowest BCUT2D eigenvalue weighted by molar-refractivity contribution is -0.129. The largest absolute Gasteiger partial charge is 0.376 e. The maximum absolute atomic E-state index is 12.2. The van der Waals surface area contributed by atoms with Gasteiger partial charge < -0.3 is 15.5 Å². The van der Waals surface area contributed by atoms with Gasteiger partial charge in [0, 0.05) is 31.4 Å². The molecule has 0 fully saturated rings. The molecule has 5 heteroatoms. The summed E-state index contributed by atoms with van der Waals surface area (Å²) in [6.07, 6.45) is 1.92. The number of hydrogen-bond acceptors (Lipinski definition) is 3. The van der Waals surface area contributed by atoms with Crippen molar-refractivity contribution in [3.63, 3.8) is 0 Å². The van der Waals surface area contributed by atoms with Gasteiger partial charge in [-0.05, 0) is 31.0 Å². The molecule has 1 aromatic rings. The second-order valence-corrected chi connectivity index (χ2v) is 5.00. The second kappa shape index (κ2) is 9.00. The summed E-state index contributed by atoms with van der Waals surface area (Å²) in [7, 11) is 0. The van der Waals surface area contributed by atoms with Crippen LogP contribution in [0.3, 0.4) is 0 Å². The standard InChI is InChI=1S/C16H25N3O2/c1-4-9-19(10-5-2)16(21)12-17-14-7-6-8-15(11-14)18-13(3)20/h6-8,11,17H,4-5,9-10,12H2,1-3H3,(H,18,20). The van der Waals surface area contributed by atoms with Crippen LogP contribution in [0.1, 0.15) is 33.6 Å². The Morgan fingerprint density at radius 1 is 1.10 bits per heavy atom. The third-order valence-electron chi connectivity index (χ3n) is 2.97. The first-order chi connectivity index (χ1) is 10.1. The van der Waals surface area contributed by atoms with Crippen molar-refractivity contribution in [2.24, 2.45) is 0 Å². The molecule has 116 valence electrons. The summed E-state index contributed by atoms with van der Waals surface area (Å²) in [5.74, 6) is -0.0103. The Morgan fingerprint density at radius 3 is 2.29 bits per heavy atom. The minimum absolute atomic E-state index is 0.101. The predicted molar refractivity (Wildman–Crippen MR) is 86.4 cm³/mol. The van der Waals surface area contributed by atoms with Crippen molar-refractivity contribution in [2.75, 3.05) is 30.3 Å². The van der Waals surface area contributed by atoms with Gasteiger partial charge in [0.1, 0.15) is 0 Å². The van der Waals surface area contributed by atoms with Crippen molar-refractivity contribution in [3.8, 4) is 0 Å². The van der Waals surface area contributed by atoms with Crippen molar-refractivity contribution in [3.05, 3.63) is 24.3 Å². The lowest BCUT2D eigenvalue weighted by Gasteiger charge is -2.22. The smallest absolute Gasteiger partial charge is 0.241 e. The number of nitrogens with one attached hydrogen (secondary N) is 2. The van der Waals surface area contributed by atoms with E-state index in [4.69, 9.17) is 0 Å². The SMILES string of the molecule is CCCN(CCC)C(=O)CNc1cccc(NC(C)=O)c1. The Bertz CT molecular complexity index is 468. The summed E-state index contributed by atoms with van der Waals surface area (Å²) in [6.45, 7) is 7.46. The van der Waals surface area contributed by atoms with Crippen LogP contribution in [0.4, 0.5) is 11.4 Å². The first-order valence-electron chi connectivity index (χ1n) is 7.46. The van der Waals surface area contributed by atoms with Crippen LogP contribution in [-0.4, -0.2) is 36.3 Å². The molecule has 0 saturated heterocycles. The maximum atomic E-state index is 12.2. The highest BCUT2D eigenvalue weighted by Gasteiger charge is 2.11. The monoisotopic (exact) mass is 291 g/mol. The molecule has 0 aliphatic rings. The number of hydrogen-bond donors (Lipinski definition) is 2. The number of anilines is 2. The molecule has 21 heavy (non-hydrogen) atoms. The highest BCUT2D eigenvalue weighted by Crippen LogP contribution is 2.14. The molecule has 0 heterocycles. The highest BCUT2D eigenvalue weighted by atomic mass is 16.2. The number of nitrogens with zero attached hydrogens (tertiary/aromatic N) is 1. The van der Waals surface area contributed by atoms with Crippen molar-refractivity contribution >= 4 is 23.2 Å². The number of carbonyl (C=O) groups excluding carboxylic acids is 2.